The van der Waals surface area contributed by atoms with Crippen molar-refractivity contribution in [3.8, 4) is 0 Å². The Morgan fingerprint density at radius 1 is 1.33 bits per heavy atom. The van der Waals surface area contributed by atoms with E-state index in [1.807, 2.05) is 0 Å². The van der Waals surface area contributed by atoms with Gasteiger partial charge >= 0.3 is 12.1 Å². The molecule has 0 saturated heterocycles. The van der Waals surface area contributed by atoms with E-state index in [4.69, 9.17) is 5.11 Å². The summed E-state index contributed by atoms with van der Waals surface area (Å²) in [5.74, 6) is -1.04. The molecule has 1 aromatic rings. The largest absolute Gasteiger partial charge is 0.481 e. The van der Waals surface area contributed by atoms with Crippen LogP contribution in [0.4, 0.5) is 18.9 Å². The molecule has 0 fully saturated rings. The zero-order valence-corrected chi connectivity index (χ0v) is 11.9. The van der Waals surface area contributed by atoms with E-state index in [-0.39, 0.29) is 25.1 Å². The standard InChI is InChI=1S/C12H14F3NO4S/c1-21(19,20)8-4-5-10(9(7-8)12(13,14)15)16-6-2-3-11(17)18/h4-5,7,16H,2-3,6H2,1H3,(H,17,18). The van der Waals surface area contributed by atoms with E-state index in [1.165, 1.54) is 0 Å². The molecule has 0 aromatic heterocycles. The number of carbonyl (C=O) groups is 1. The second kappa shape index (κ2) is 6.33. The van der Waals surface area contributed by atoms with E-state index in [2.05, 4.69) is 5.32 Å². The first-order chi connectivity index (χ1) is 9.51. The molecule has 9 heteroatoms. The van der Waals surface area contributed by atoms with Crippen LogP contribution in [0.3, 0.4) is 0 Å². The third-order valence-corrected chi connectivity index (χ3v) is 3.72. The van der Waals surface area contributed by atoms with Crippen molar-refractivity contribution in [1.82, 2.24) is 0 Å². The highest BCUT2D eigenvalue weighted by molar-refractivity contribution is 7.90. The van der Waals surface area contributed by atoms with E-state index < -0.39 is 32.4 Å². The van der Waals surface area contributed by atoms with Crippen LogP contribution < -0.4 is 5.32 Å². The van der Waals surface area contributed by atoms with Gasteiger partial charge in [0.25, 0.3) is 0 Å². The Hall–Kier alpha value is -1.77. The number of aliphatic carboxylic acids is 1. The Morgan fingerprint density at radius 2 is 1.95 bits per heavy atom. The van der Waals surface area contributed by atoms with E-state index in [1.54, 1.807) is 0 Å². The summed E-state index contributed by atoms with van der Waals surface area (Å²) in [6, 6.07) is 2.67. The molecular formula is C12H14F3NO4S. The summed E-state index contributed by atoms with van der Waals surface area (Å²) in [5.41, 5.74) is -1.37. The summed E-state index contributed by atoms with van der Waals surface area (Å²) in [4.78, 5) is 9.89. The van der Waals surface area contributed by atoms with Gasteiger partial charge in [-0.1, -0.05) is 0 Å². The van der Waals surface area contributed by atoms with Crippen LogP contribution in [0, 0.1) is 0 Å². The maximum atomic E-state index is 12.9. The molecule has 0 radical (unpaired) electrons. The molecule has 21 heavy (non-hydrogen) atoms. The first-order valence-electron chi connectivity index (χ1n) is 5.89. The van der Waals surface area contributed by atoms with Crippen LogP contribution in [0.15, 0.2) is 23.1 Å². The number of rotatable bonds is 6. The number of hydrogen-bond acceptors (Lipinski definition) is 4. The zero-order valence-electron chi connectivity index (χ0n) is 11.1. The van der Waals surface area contributed by atoms with E-state index in [0.29, 0.717) is 6.07 Å². The van der Waals surface area contributed by atoms with Gasteiger partial charge in [-0.25, -0.2) is 8.42 Å². The number of alkyl halides is 3. The monoisotopic (exact) mass is 325 g/mol. The summed E-state index contributed by atoms with van der Waals surface area (Å²) in [6.07, 6.45) is -3.91. The van der Waals surface area contributed by atoms with Crippen LogP contribution in [-0.4, -0.2) is 32.3 Å². The molecule has 2 N–H and O–H groups in total. The van der Waals surface area contributed by atoms with Crippen molar-refractivity contribution in [2.24, 2.45) is 0 Å². The molecule has 0 unspecified atom stereocenters. The molecule has 118 valence electrons. The molecule has 0 atom stereocenters. The lowest BCUT2D eigenvalue weighted by atomic mass is 10.1. The number of carboxylic acids is 1. The van der Waals surface area contributed by atoms with E-state index in [0.717, 1.165) is 18.4 Å². The smallest absolute Gasteiger partial charge is 0.418 e. The van der Waals surface area contributed by atoms with Crippen LogP contribution in [0.25, 0.3) is 0 Å². The minimum Gasteiger partial charge on any atom is -0.481 e. The van der Waals surface area contributed by atoms with Crippen LogP contribution in [0.1, 0.15) is 18.4 Å². The lowest BCUT2D eigenvalue weighted by Gasteiger charge is -2.15. The predicted molar refractivity (Wildman–Crippen MR) is 69.9 cm³/mol. The summed E-state index contributed by atoms with van der Waals surface area (Å²) < 4.78 is 61.4. The van der Waals surface area contributed by atoms with Crippen molar-refractivity contribution < 1.29 is 31.5 Å². The third kappa shape index (κ3) is 5.25. The highest BCUT2D eigenvalue weighted by atomic mass is 32.2. The fourth-order valence-corrected chi connectivity index (χ4v) is 2.25. The molecule has 0 aliphatic carbocycles. The first kappa shape index (κ1) is 17.3. The van der Waals surface area contributed by atoms with Crippen molar-refractivity contribution >= 4 is 21.5 Å². The van der Waals surface area contributed by atoms with Crippen LogP contribution in [-0.2, 0) is 20.8 Å². The SMILES string of the molecule is CS(=O)(=O)c1ccc(NCCCC(=O)O)c(C(F)(F)F)c1. The number of nitrogens with one attached hydrogen (secondary N) is 1. The molecular weight excluding hydrogens is 311 g/mol. The fourth-order valence-electron chi connectivity index (χ4n) is 1.61. The Balaban J connectivity index is 3.01. The van der Waals surface area contributed by atoms with Crippen molar-refractivity contribution in [3.05, 3.63) is 23.8 Å². The zero-order chi connectivity index (χ0) is 16.3. The number of halogens is 3. The van der Waals surface area contributed by atoms with Gasteiger partial charge in [-0.2, -0.15) is 13.2 Å². The maximum absolute atomic E-state index is 12.9. The average molecular weight is 325 g/mol. The molecule has 0 saturated carbocycles. The van der Waals surface area contributed by atoms with Crippen molar-refractivity contribution in [1.29, 1.82) is 0 Å². The van der Waals surface area contributed by atoms with Crippen molar-refractivity contribution in [3.63, 3.8) is 0 Å². The molecule has 0 amide bonds. The number of carboxylic acid groups (broad SMARTS) is 1. The molecule has 1 rings (SSSR count). The Morgan fingerprint density at radius 3 is 2.43 bits per heavy atom. The number of anilines is 1. The van der Waals surface area contributed by atoms with Gasteiger partial charge in [0.15, 0.2) is 9.84 Å². The minimum absolute atomic E-state index is 0.0353. The molecule has 0 heterocycles. The molecule has 0 aliphatic rings. The van der Waals surface area contributed by atoms with Crippen molar-refractivity contribution in [2.75, 3.05) is 18.1 Å². The van der Waals surface area contributed by atoms with E-state index >= 15 is 0 Å². The van der Waals surface area contributed by atoms with Gasteiger partial charge in [0.05, 0.1) is 10.5 Å². The summed E-state index contributed by atoms with van der Waals surface area (Å²) in [5, 5.41) is 10.9. The van der Waals surface area contributed by atoms with Gasteiger partial charge < -0.3 is 10.4 Å². The Kier molecular flexibility index (Phi) is 5.21. The normalized spacial score (nSPS) is 12.2. The second-order valence-corrected chi connectivity index (χ2v) is 6.42. The van der Waals surface area contributed by atoms with Crippen molar-refractivity contribution in [2.45, 2.75) is 23.9 Å². The minimum atomic E-state index is -4.71. The highest BCUT2D eigenvalue weighted by Crippen LogP contribution is 2.36. The predicted octanol–water partition coefficient (Wildman–Crippen LogP) is 2.39. The summed E-state index contributed by atoms with van der Waals surface area (Å²) >= 11 is 0. The summed E-state index contributed by atoms with van der Waals surface area (Å²) in [7, 11) is -3.74. The van der Waals surface area contributed by atoms with Crippen LogP contribution in [0.5, 0.6) is 0 Å². The van der Waals surface area contributed by atoms with Gasteiger partial charge in [0.2, 0.25) is 0 Å². The first-order valence-corrected chi connectivity index (χ1v) is 7.78. The van der Waals surface area contributed by atoms with Gasteiger partial charge in [0, 0.05) is 24.9 Å². The van der Waals surface area contributed by atoms with Gasteiger partial charge in [-0.3, -0.25) is 4.79 Å². The summed E-state index contributed by atoms with van der Waals surface area (Å²) in [6.45, 7) is 0.0353. The molecule has 5 nitrogen and oxygen atoms in total. The van der Waals surface area contributed by atoms with Crippen LogP contribution >= 0.6 is 0 Å². The van der Waals surface area contributed by atoms with Gasteiger partial charge in [0.1, 0.15) is 0 Å². The van der Waals surface area contributed by atoms with Gasteiger partial charge in [-0.05, 0) is 24.6 Å². The lowest BCUT2D eigenvalue weighted by molar-refractivity contribution is -0.138. The van der Waals surface area contributed by atoms with Crippen LogP contribution in [0.2, 0.25) is 0 Å². The number of sulfone groups is 1. The maximum Gasteiger partial charge on any atom is 0.418 e. The quantitative estimate of drug-likeness (QED) is 0.785. The second-order valence-electron chi connectivity index (χ2n) is 4.40. The number of hydrogen-bond donors (Lipinski definition) is 2. The van der Waals surface area contributed by atoms with Gasteiger partial charge in [-0.15, -0.1) is 0 Å². The molecule has 0 spiro atoms. The third-order valence-electron chi connectivity index (χ3n) is 2.61. The molecule has 0 bridgehead atoms. The average Bonchev–Trinajstić information content (AvgIpc) is 2.32. The molecule has 0 aliphatic heterocycles. The topological polar surface area (TPSA) is 83.5 Å². The Labute approximate surface area is 119 Å². The highest BCUT2D eigenvalue weighted by Gasteiger charge is 2.34. The lowest BCUT2D eigenvalue weighted by Crippen LogP contribution is -2.13. The molecule has 1 aromatic carbocycles. The number of benzene rings is 1. The van der Waals surface area contributed by atoms with E-state index in [9.17, 15) is 26.4 Å². The Bertz CT molecular complexity index is 626. The fraction of sp³-hybridized carbons (Fsp3) is 0.417.